The number of aromatic nitrogens is 3. The average molecular weight is 286 g/mol. The Morgan fingerprint density at radius 1 is 0.619 bits per heavy atom. The molecule has 0 fully saturated rings. The van der Waals surface area contributed by atoms with Gasteiger partial charge in [-0.25, -0.2) is 0 Å². The van der Waals surface area contributed by atoms with E-state index in [1.165, 1.54) is 0 Å². The summed E-state index contributed by atoms with van der Waals surface area (Å²) in [6, 6.07) is 17.4. The van der Waals surface area contributed by atoms with Crippen molar-refractivity contribution in [1.29, 1.82) is 0 Å². The van der Waals surface area contributed by atoms with Gasteiger partial charge in [0.2, 0.25) is 0 Å². The van der Waals surface area contributed by atoms with E-state index >= 15 is 0 Å². The van der Waals surface area contributed by atoms with Crippen LogP contribution in [0.5, 0.6) is 0 Å². The largest absolute Gasteiger partial charge is 0.257 e. The monoisotopic (exact) mass is 286 g/mol. The molecule has 3 rings (SSSR count). The molecule has 0 aliphatic heterocycles. The first-order valence-electron chi connectivity index (χ1n) is 6.56. The fourth-order valence-electron chi connectivity index (χ4n) is 2.05. The predicted molar refractivity (Wildman–Crippen MR) is 84.4 cm³/mol. The van der Waals surface area contributed by atoms with Crippen molar-refractivity contribution in [2.45, 2.75) is 0 Å². The first-order valence-corrected chi connectivity index (χ1v) is 7.06. The summed E-state index contributed by atoms with van der Waals surface area (Å²) in [6.45, 7) is 0. The summed E-state index contributed by atoms with van der Waals surface area (Å²) in [4.78, 5) is 13.3. The number of pyridine rings is 3. The smallest absolute Gasteiger partial charge is 0.0753 e. The average Bonchev–Trinajstić information content (AvgIpc) is 2.58. The summed E-state index contributed by atoms with van der Waals surface area (Å²) in [5.41, 5.74) is 3.48. The second-order valence-corrected chi connectivity index (χ2v) is 4.89. The third-order valence-corrected chi connectivity index (χ3v) is 3.52. The van der Waals surface area contributed by atoms with Crippen LogP contribution >= 0.6 is 0 Å². The molecule has 0 aliphatic rings. The van der Waals surface area contributed by atoms with Gasteiger partial charge in [0, 0.05) is 24.2 Å². The quantitative estimate of drug-likeness (QED) is 0.695. The van der Waals surface area contributed by atoms with Gasteiger partial charge in [-0.2, -0.15) is 0 Å². The Morgan fingerprint density at radius 2 is 1.05 bits per heavy atom. The van der Waals surface area contributed by atoms with E-state index < -0.39 is 0 Å². The van der Waals surface area contributed by atoms with E-state index in [0.29, 0.717) is 0 Å². The molecule has 0 spiro atoms. The zero-order chi connectivity index (χ0) is 14.5. The minimum absolute atomic E-state index is 0.848. The minimum Gasteiger partial charge on any atom is -0.257 e. The SMILES string of the molecule is [Si]C(=C(c1ccccn1)c1ccccn1)c1ccccn1. The summed E-state index contributed by atoms with van der Waals surface area (Å²) >= 11 is 0. The van der Waals surface area contributed by atoms with Crippen molar-refractivity contribution in [3.05, 3.63) is 90.3 Å². The van der Waals surface area contributed by atoms with E-state index in [4.69, 9.17) is 0 Å². The normalized spacial score (nSPS) is 10.1. The van der Waals surface area contributed by atoms with Gasteiger partial charge in [-0.05, 0) is 41.6 Å². The molecule has 0 saturated heterocycles. The lowest BCUT2D eigenvalue weighted by Gasteiger charge is -2.11. The molecule has 4 heteroatoms. The second-order valence-electron chi connectivity index (χ2n) is 4.39. The molecule has 0 aromatic carbocycles. The molecule has 0 amide bonds. The van der Waals surface area contributed by atoms with E-state index in [0.717, 1.165) is 27.9 Å². The molecule has 3 heterocycles. The zero-order valence-electron chi connectivity index (χ0n) is 11.3. The molecule has 0 bridgehead atoms. The molecule has 0 N–H and O–H groups in total. The van der Waals surface area contributed by atoms with Crippen molar-refractivity contribution >= 4 is 21.0 Å². The van der Waals surface area contributed by atoms with Gasteiger partial charge in [-0.15, -0.1) is 0 Å². The predicted octanol–water partition coefficient (Wildman–Crippen LogP) is 2.96. The Kier molecular flexibility index (Phi) is 3.98. The van der Waals surface area contributed by atoms with Gasteiger partial charge in [0.15, 0.2) is 0 Å². The topological polar surface area (TPSA) is 38.7 Å². The maximum atomic E-state index is 4.45. The van der Waals surface area contributed by atoms with Crippen LogP contribution in [0.15, 0.2) is 73.2 Å². The van der Waals surface area contributed by atoms with Crippen LogP contribution in [0.1, 0.15) is 17.1 Å². The van der Waals surface area contributed by atoms with Crippen LogP contribution in [0.2, 0.25) is 0 Å². The Morgan fingerprint density at radius 3 is 1.43 bits per heavy atom. The van der Waals surface area contributed by atoms with Gasteiger partial charge in [0.05, 0.1) is 27.3 Å². The van der Waals surface area contributed by atoms with Crippen molar-refractivity contribution in [3.63, 3.8) is 0 Å². The van der Waals surface area contributed by atoms with Crippen LogP contribution in [0, 0.1) is 0 Å². The summed E-state index contributed by atoms with van der Waals surface area (Å²) < 4.78 is 0. The van der Waals surface area contributed by atoms with Gasteiger partial charge < -0.3 is 0 Å². The summed E-state index contributed by atoms with van der Waals surface area (Å²) in [5.74, 6) is 0. The Bertz CT molecular complexity index is 699. The molecule has 0 aliphatic carbocycles. The fraction of sp³-hybridized carbons (Fsp3) is 0. The van der Waals surface area contributed by atoms with Crippen LogP contribution in [-0.2, 0) is 0 Å². The van der Waals surface area contributed by atoms with Crippen LogP contribution in [0.25, 0.3) is 10.8 Å². The summed E-state index contributed by atoms with van der Waals surface area (Å²) in [7, 11) is 3.72. The Balaban J connectivity index is 2.22. The van der Waals surface area contributed by atoms with Crippen LogP contribution in [0.4, 0.5) is 0 Å². The fourth-order valence-corrected chi connectivity index (χ4v) is 2.45. The van der Waals surface area contributed by atoms with E-state index in [1.807, 2.05) is 54.6 Å². The molecule has 0 atom stereocenters. The third kappa shape index (κ3) is 2.95. The highest BCUT2D eigenvalue weighted by Gasteiger charge is 2.13. The highest BCUT2D eigenvalue weighted by atomic mass is 28.1. The van der Waals surface area contributed by atoms with Crippen molar-refractivity contribution in [1.82, 2.24) is 15.0 Å². The van der Waals surface area contributed by atoms with Gasteiger partial charge in [0.1, 0.15) is 0 Å². The highest BCUT2D eigenvalue weighted by Crippen LogP contribution is 2.26. The van der Waals surface area contributed by atoms with Crippen LogP contribution in [0.3, 0.4) is 0 Å². The minimum atomic E-state index is 0.848. The first kappa shape index (κ1) is 13.4. The molecule has 0 unspecified atom stereocenters. The van der Waals surface area contributed by atoms with E-state index in [9.17, 15) is 0 Å². The van der Waals surface area contributed by atoms with E-state index in [2.05, 4.69) is 25.2 Å². The molecular formula is C17H12N3Si. The summed E-state index contributed by atoms with van der Waals surface area (Å²) in [5, 5.41) is 0.869. The maximum absolute atomic E-state index is 4.45. The molecule has 21 heavy (non-hydrogen) atoms. The Labute approximate surface area is 126 Å². The highest BCUT2D eigenvalue weighted by molar-refractivity contribution is 6.47. The van der Waals surface area contributed by atoms with Crippen molar-refractivity contribution < 1.29 is 0 Å². The molecule has 3 radical (unpaired) electrons. The lowest BCUT2D eigenvalue weighted by Crippen LogP contribution is -2.00. The molecule has 0 saturated carbocycles. The van der Waals surface area contributed by atoms with E-state index in [-0.39, 0.29) is 0 Å². The lowest BCUT2D eigenvalue weighted by atomic mass is 10.1. The van der Waals surface area contributed by atoms with Gasteiger partial charge in [0.25, 0.3) is 0 Å². The summed E-state index contributed by atoms with van der Waals surface area (Å²) in [6.07, 6.45) is 5.32. The van der Waals surface area contributed by atoms with Crippen molar-refractivity contribution in [2.24, 2.45) is 0 Å². The number of hydrogen-bond donors (Lipinski definition) is 0. The molecular weight excluding hydrogens is 274 g/mol. The standard InChI is InChI=1S/C17H12N3Si/c21-17(15-9-3-6-12-20-15)16(13-7-1-4-10-18-13)14-8-2-5-11-19-14/h1-12H. The number of rotatable bonds is 3. The van der Waals surface area contributed by atoms with Crippen molar-refractivity contribution in [3.8, 4) is 0 Å². The van der Waals surface area contributed by atoms with Crippen LogP contribution in [-0.4, -0.2) is 25.2 Å². The molecule has 3 aromatic rings. The third-order valence-electron chi connectivity index (χ3n) is 3.01. The first-order chi connectivity index (χ1) is 10.4. The van der Waals surface area contributed by atoms with E-state index in [1.54, 1.807) is 18.6 Å². The maximum Gasteiger partial charge on any atom is 0.0753 e. The second kappa shape index (κ2) is 6.24. The van der Waals surface area contributed by atoms with Crippen LogP contribution < -0.4 is 0 Å². The van der Waals surface area contributed by atoms with Gasteiger partial charge in [-0.3, -0.25) is 15.0 Å². The zero-order valence-corrected chi connectivity index (χ0v) is 12.3. The number of hydrogen-bond acceptors (Lipinski definition) is 3. The number of nitrogens with zero attached hydrogens (tertiary/aromatic N) is 3. The molecule has 99 valence electrons. The molecule has 3 nitrogen and oxygen atoms in total. The van der Waals surface area contributed by atoms with Crippen molar-refractivity contribution in [2.75, 3.05) is 0 Å². The lowest BCUT2D eigenvalue weighted by molar-refractivity contribution is 1.22. The Hall–Kier alpha value is -2.59. The molecule has 3 aromatic heterocycles. The van der Waals surface area contributed by atoms with Gasteiger partial charge >= 0.3 is 0 Å². The van der Waals surface area contributed by atoms with Gasteiger partial charge in [-0.1, -0.05) is 18.2 Å².